The fourth-order valence-corrected chi connectivity index (χ4v) is 5.06. The van der Waals surface area contributed by atoms with Crippen LogP contribution in [0.5, 0.6) is 0 Å². The van der Waals surface area contributed by atoms with E-state index in [-0.39, 0.29) is 5.97 Å². The standard InChI is InChI=1S/C21H28N4O3S/c1-4-28-21(26)18-17(22-13-24(2)3)16-14-7-5-6-8-15(14)19(23-20(16)29-18)25-9-11-27-12-10-25/h13H,4-12H2,1-3H3. The van der Waals surface area contributed by atoms with Crippen LogP contribution in [0.15, 0.2) is 4.99 Å². The molecular formula is C21H28N4O3S. The molecule has 0 N–H and O–H groups in total. The normalized spacial score (nSPS) is 17.0. The predicted molar refractivity (Wildman–Crippen MR) is 117 cm³/mol. The third-order valence-electron chi connectivity index (χ3n) is 5.30. The Bertz CT molecular complexity index is 932. The summed E-state index contributed by atoms with van der Waals surface area (Å²) in [5.74, 6) is 0.745. The first-order valence-electron chi connectivity index (χ1n) is 10.3. The number of hydrogen-bond donors (Lipinski definition) is 0. The molecule has 2 aromatic heterocycles. The summed E-state index contributed by atoms with van der Waals surface area (Å²) in [6.45, 7) is 5.33. The molecule has 2 aliphatic rings. The van der Waals surface area contributed by atoms with Gasteiger partial charge in [0.25, 0.3) is 0 Å². The summed E-state index contributed by atoms with van der Waals surface area (Å²) in [6, 6.07) is 0. The fourth-order valence-electron chi connectivity index (χ4n) is 4.02. The van der Waals surface area contributed by atoms with E-state index in [2.05, 4.69) is 9.89 Å². The first kappa shape index (κ1) is 20.1. The lowest BCUT2D eigenvalue weighted by Gasteiger charge is -2.31. The minimum absolute atomic E-state index is 0.320. The topological polar surface area (TPSA) is 67.3 Å². The molecule has 156 valence electrons. The minimum atomic E-state index is -0.320. The zero-order valence-corrected chi connectivity index (χ0v) is 18.2. The minimum Gasteiger partial charge on any atom is -0.462 e. The van der Waals surface area contributed by atoms with Gasteiger partial charge >= 0.3 is 5.97 Å². The van der Waals surface area contributed by atoms with Gasteiger partial charge < -0.3 is 19.3 Å². The van der Waals surface area contributed by atoms with Crippen LogP contribution in [0.2, 0.25) is 0 Å². The lowest BCUT2D eigenvalue weighted by atomic mass is 9.89. The lowest BCUT2D eigenvalue weighted by molar-refractivity contribution is 0.0533. The SMILES string of the molecule is CCOC(=O)c1sc2nc(N3CCOCC3)c3c(c2c1N=CN(C)C)CCCC3. The van der Waals surface area contributed by atoms with Crippen molar-refractivity contribution in [3.8, 4) is 0 Å². The Kier molecular flexibility index (Phi) is 6.01. The summed E-state index contributed by atoms with van der Waals surface area (Å²) in [5, 5.41) is 1.03. The number of carbonyl (C=O) groups is 1. The number of nitrogens with zero attached hydrogens (tertiary/aromatic N) is 4. The molecule has 1 fully saturated rings. The highest BCUT2D eigenvalue weighted by Gasteiger charge is 2.29. The van der Waals surface area contributed by atoms with Gasteiger partial charge in [-0.15, -0.1) is 11.3 Å². The molecule has 29 heavy (non-hydrogen) atoms. The van der Waals surface area contributed by atoms with E-state index in [1.807, 2.05) is 25.9 Å². The molecule has 1 aliphatic heterocycles. The number of aryl methyl sites for hydroxylation is 1. The fraction of sp³-hybridized carbons (Fsp3) is 0.571. The summed E-state index contributed by atoms with van der Waals surface area (Å²) >= 11 is 1.40. The van der Waals surface area contributed by atoms with Gasteiger partial charge in [-0.25, -0.2) is 14.8 Å². The Morgan fingerprint density at radius 1 is 1.28 bits per heavy atom. The van der Waals surface area contributed by atoms with Gasteiger partial charge in [0.05, 0.1) is 31.8 Å². The molecule has 0 saturated carbocycles. The van der Waals surface area contributed by atoms with Gasteiger partial charge in [-0.3, -0.25) is 0 Å². The van der Waals surface area contributed by atoms with E-state index in [4.69, 9.17) is 14.5 Å². The van der Waals surface area contributed by atoms with Crippen LogP contribution in [0.1, 0.15) is 40.6 Å². The van der Waals surface area contributed by atoms with Crippen LogP contribution in [-0.4, -0.2) is 69.2 Å². The third-order valence-corrected chi connectivity index (χ3v) is 6.35. The molecule has 2 aromatic rings. The van der Waals surface area contributed by atoms with Crippen molar-refractivity contribution in [3.63, 3.8) is 0 Å². The van der Waals surface area contributed by atoms with E-state index in [1.165, 1.54) is 28.9 Å². The molecule has 0 atom stereocenters. The zero-order valence-electron chi connectivity index (χ0n) is 17.4. The number of carbonyl (C=O) groups excluding carboxylic acids is 1. The average molecular weight is 417 g/mol. The number of rotatable bonds is 5. The molecule has 0 bridgehead atoms. The molecule has 7 nitrogen and oxygen atoms in total. The highest BCUT2D eigenvalue weighted by molar-refractivity contribution is 7.21. The quantitative estimate of drug-likeness (QED) is 0.423. The number of pyridine rings is 1. The number of aliphatic imine (C=N–C) groups is 1. The number of hydrogen-bond acceptors (Lipinski definition) is 7. The van der Waals surface area contributed by atoms with Crippen molar-refractivity contribution < 1.29 is 14.3 Å². The Labute approximate surface area is 175 Å². The summed E-state index contributed by atoms with van der Waals surface area (Å²) in [7, 11) is 3.85. The third kappa shape index (κ3) is 3.96. The predicted octanol–water partition coefficient (Wildman–Crippen LogP) is 3.41. The van der Waals surface area contributed by atoms with Crippen LogP contribution in [0.3, 0.4) is 0 Å². The number of anilines is 1. The Morgan fingerprint density at radius 2 is 2.00 bits per heavy atom. The van der Waals surface area contributed by atoms with Crippen LogP contribution < -0.4 is 4.90 Å². The van der Waals surface area contributed by atoms with Crippen molar-refractivity contribution in [2.75, 3.05) is 51.9 Å². The van der Waals surface area contributed by atoms with E-state index in [0.29, 0.717) is 17.2 Å². The molecule has 1 saturated heterocycles. The van der Waals surface area contributed by atoms with Crippen molar-refractivity contribution in [2.45, 2.75) is 32.6 Å². The first-order valence-corrected chi connectivity index (χ1v) is 11.1. The lowest BCUT2D eigenvalue weighted by Crippen LogP contribution is -2.37. The van der Waals surface area contributed by atoms with Crippen LogP contribution >= 0.6 is 11.3 Å². The Hall–Kier alpha value is -2.19. The molecular weight excluding hydrogens is 388 g/mol. The van der Waals surface area contributed by atoms with E-state index in [0.717, 1.165) is 61.6 Å². The van der Waals surface area contributed by atoms with Gasteiger partial charge in [-0.1, -0.05) is 0 Å². The smallest absolute Gasteiger partial charge is 0.350 e. The van der Waals surface area contributed by atoms with Crippen LogP contribution in [0.25, 0.3) is 10.2 Å². The number of ether oxygens (including phenoxy) is 2. The van der Waals surface area contributed by atoms with Gasteiger partial charge in [0.15, 0.2) is 0 Å². The second-order valence-electron chi connectivity index (χ2n) is 7.59. The van der Waals surface area contributed by atoms with Crippen molar-refractivity contribution in [3.05, 3.63) is 16.0 Å². The highest BCUT2D eigenvalue weighted by atomic mass is 32.1. The van der Waals surface area contributed by atoms with Crippen molar-refractivity contribution >= 4 is 45.4 Å². The van der Waals surface area contributed by atoms with E-state index < -0.39 is 0 Å². The van der Waals surface area contributed by atoms with Gasteiger partial charge in [-0.05, 0) is 43.7 Å². The summed E-state index contributed by atoms with van der Waals surface area (Å²) in [4.78, 5) is 28.0. The van der Waals surface area contributed by atoms with E-state index >= 15 is 0 Å². The monoisotopic (exact) mass is 416 g/mol. The molecule has 1 aliphatic carbocycles. The number of morpholine rings is 1. The largest absolute Gasteiger partial charge is 0.462 e. The molecule has 0 amide bonds. The number of thiophene rings is 1. The van der Waals surface area contributed by atoms with Crippen molar-refractivity contribution in [1.29, 1.82) is 0 Å². The highest BCUT2D eigenvalue weighted by Crippen LogP contribution is 2.44. The maximum absolute atomic E-state index is 12.7. The molecule has 8 heteroatoms. The second kappa shape index (κ2) is 8.67. The average Bonchev–Trinajstić information content (AvgIpc) is 3.11. The second-order valence-corrected chi connectivity index (χ2v) is 8.59. The van der Waals surface area contributed by atoms with Gasteiger partial charge in [0, 0.05) is 32.6 Å². The Morgan fingerprint density at radius 3 is 2.69 bits per heavy atom. The van der Waals surface area contributed by atoms with Crippen LogP contribution in [-0.2, 0) is 22.3 Å². The zero-order chi connectivity index (χ0) is 20.4. The van der Waals surface area contributed by atoms with E-state index in [9.17, 15) is 4.79 Å². The Balaban J connectivity index is 1.93. The molecule has 4 rings (SSSR count). The number of fused-ring (bicyclic) bond motifs is 3. The molecule has 0 unspecified atom stereocenters. The summed E-state index contributed by atoms with van der Waals surface area (Å²) in [5.41, 5.74) is 3.33. The van der Waals surface area contributed by atoms with Crippen molar-refractivity contribution in [1.82, 2.24) is 9.88 Å². The van der Waals surface area contributed by atoms with Crippen LogP contribution in [0, 0.1) is 0 Å². The van der Waals surface area contributed by atoms with Crippen molar-refractivity contribution in [2.24, 2.45) is 4.99 Å². The molecule has 0 aromatic carbocycles. The van der Waals surface area contributed by atoms with Gasteiger partial charge in [-0.2, -0.15) is 0 Å². The molecule has 0 radical (unpaired) electrons. The summed E-state index contributed by atoms with van der Waals surface area (Å²) in [6.07, 6.45) is 6.08. The first-order chi connectivity index (χ1) is 14.1. The number of esters is 1. The molecule has 3 heterocycles. The maximum Gasteiger partial charge on any atom is 0.350 e. The van der Waals surface area contributed by atoms with Gasteiger partial charge in [0.1, 0.15) is 15.5 Å². The number of aromatic nitrogens is 1. The molecule has 0 spiro atoms. The van der Waals surface area contributed by atoms with Gasteiger partial charge in [0.2, 0.25) is 0 Å². The van der Waals surface area contributed by atoms with Crippen LogP contribution in [0.4, 0.5) is 11.5 Å². The van der Waals surface area contributed by atoms with E-state index in [1.54, 1.807) is 6.34 Å². The maximum atomic E-state index is 12.7. The summed E-state index contributed by atoms with van der Waals surface area (Å²) < 4.78 is 10.9.